The molecule has 0 aliphatic rings. The molecule has 13 heavy (non-hydrogen) atoms. The standard InChI is InChI=1S/C8H12ClN3O/c1-3-6-5-10-12(2)8(6)11-7(13)4-9/h5H,3-4H2,1-2H3,(H,11,13). The highest BCUT2D eigenvalue weighted by Crippen LogP contribution is 2.14. The van der Waals surface area contributed by atoms with Crippen molar-refractivity contribution in [1.82, 2.24) is 9.78 Å². The van der Waals surface area contributed by atoms with Gasteiger partial charge in [-0.25, -0.2) is 0 Å². The van der Waals surface area contributed by atoms with Crippen LogP contribution in [0.4, 0.5) is 5.82 Å². The van der Waals surface area contributed by atoms with Gasteiger partial charge in [0.25, 0.3) is 0 Å². The molecule has 0 atom stereocenters. The Bertz CT molecular complexity index is 308. The Balaban J connectivity index is 2.85. The summed E-state index contributed by atoms with van der Waals surface area (Å²) in [6, 6.07) is 0. The van der Waals surface area contributed by atoms with Crippen molar-refractivity contribution in [3.8, 4) is 0 Å². The lowest BCUT2D eigenvalue weighted by Gasteiger charge is -2.05. The molecule has 1 heterocycles. The van der Waals surface area contributed by atoms with Crippen molar-refractivity contribution in [2.75, 3.05) is 11.2 Å². The predicted molar refractivity (Wildman–Crippen MR) is 51.9 cm³/mol. The van der Waals surface area contributed by atoms with Crippen LogP contribution in [0.2, 0.25) is 0 Å². The highest BCUT2D eigenvalue weighted by molar-refractivity contribution is 6.29. The molecule has 0 aliphatic carbocycles. The van der Waals surface area contributed by atoms with Crippen molar-refractivity contribution in [3.63, 3.8) is 0 Å². The zero-order valence-electron chi connectivity index (χ0n) is 7.67. The van der Waals surface area contributed by atoms with Gasteiger partial charge in [-0.05, 0) is 6.42 Å². The van der Waals surface area contributed by atoms with E-state index in [1.807, 2.05) is 6.92 Å². The first kappa shape index (κ1) is 10.1. The molecule has 1 amide bonds. The number of aryl methyl sites for hydroxylation is 2. The second-order valence-electron chi connectivity index (χ2n) is 2.68. The zero-order chi connectivity index (χ0) is 9.84. The lowest BCUT2D eigenvalue weighted by Crippen LogP contribution is -2.16. The number of amides is 1. The highest BCUT2D eigenvalue weighted by Gasteiger charge is 2.08. The van der Waals surface area contributed by atoms with E-state index >= 15 is 0 Å². The van der Waals surface area contributed by atoms with E-state index in [0.29, 0.717) is 0 Å². The van der Waals surface area contributed by atoms with Crippen LogP contribution in [0, 0.1) is 0 Å². The van der Waals surface area contributed by atoms with Gasteiger partial charge in [0, 0.05) is 12.6 Å². The lowest BCUT2D eigenvalue weighted by molar-refractivity contribution is -0.114. The SMILES string of the molecule is CCc1cnn(C)c1NC(=O)CCl. The van der Waals surface area contributed by atoms with Crippen LogP contribution in [0.3, 0.4) is 0 Å². The van der Waals surface area contributed by atoms with Crippen molar-refractivity contribution >= 4 is 23.3 Å². The average molecular weight is 202 g/mol. The second kappa shape index (κ2) is 4.28. The van der Waals surface area contributed by atoms with Gasteiger partial charge in [-0.3, -0.25) is 9.48 Å². The molecule has 0 unspecified atom stereocenters. The maximum Gasteiger partial charge on any atom is 0.240 e. The van der Waals surface area contributed by atoms with Crippen molar-refractivity contribution in [2.24, 2.45) is 7.05 Å². The number of carbonyl (C=O) groups excluding carboxylic acids is 1. The molecule has 0 aliphatic heterocycles. The fourth-order valence-electron chi connectivity index (χ4n) is 1.07. The molecular weight excluding hydrogens is 190 g/mol. The van der Waals surface area contributed by atoms with E-state index in [9.17, 15) is 4.79 Å². The number of hydrogen-bond acceptors (Lipinski definition) is 2. The van der Waals surface area contributed by atoms with Gasteiger partial charge < -0.3 is 5.32 Å². The average Bonchev–Trinajstić information content (AvgIpc) is 2.48. The van der Waals surface area contributed by atoms with E-state index in [2.05, 4.69) is 10.4 Å². The monoisotopic (exact) mass is 201 g/mol. The number of nitrogens with zero attached hydrogens (tertiary/aromatic N) is 2. The summed E-state index contributed by atoms with van der Waals surface area (Å²) in [7, 11) is 1.78. The van der Waals surface area contributed by atoms with Crippen LogP contribution in [0.1, 0.15) is 12.5 Å². The third-order valence-electron chi connectivity index (χ3n) is 1.77. The number of anilines is 1. The Morgan fingerprint density at radius 1 is 1.77 bits per heavy atom. The minimum Gasteiger partial charge on any atom is -0.310 e. The Kier molecular flexibility index (Phi) is 3.31. The van der Waals surface area contributed by atoms with Gasteiger partial charge in [0.05, 0.1) is 6.20 Å². The number of carbonyl (C=O) groups is 1. The Morgan fingerprint density at radius 2 is 2.46 bits per heavy atom. The summed E-state index contributed by atoms with van der Waals surface area (Å²) in [4.78, 5) is 11.0. The number of aromatic nitrogens is 2. The minimum atomic E-state index is -0.208. The Morgan fingerprint density at radius 3 is 3.00 bits per heavy atom. The minimum absolute atomic E-state index is 0.0334. The summed E-state index contributed by atoms with van der Waals surface area (Å²) < 4.78 is 1.63. The quantitative estimate of drug-likeness (QED) is 0.747. The molecule has 1 rings (SSSR count). The van der Waals surface area contributed by atoms with Gasteiger partial charge in [0.1, 0.15) is 11.7 Å². The largest absolute Gasteiger partial charge is 0.310 e. The Labute approximate surface area is 81.9 Å². The molecule has 0 bridgehead atoms. The summed E-state index contributed by atoms with van der Waals surface area (Å²) in [6.45, 7) is 2.01. The van der Waals surface area contributed by atoms with Gasteiger partial charge >= 0.3 is 0 Å². The van der Waals surface area contributed by atoms with E-state index in [1.54, 1.807) is 17.9 Å². The molecule has 1 aromatic rings. The molecule has 0 saturated carbocycles. The van der Waals surface area contributed by atoms with Crippen LogP contribution < -0.4 is 5.32 Å². The zero-order valence-corrected chi connectivity index (χ0v) is 8.43. The number of halogens is 1. The highest BCUT2D eigenvalue weighted by atomic mass is 35.5. The molecule has 1 N–H and O–H groups in total. The fraction of sp³-hybridized carbons (Fsp3) is 0.500. The third-order valence-corrected chi connectivity index (χ3v) is 2.02. The van der Waals surface area contributed by atoms with Gasteiger partial charge in [0.2, 0.25) is 5.91 Å². The maximum atomic E-state index is 11.0. The predicted octanol–water partition coefficient (Wildman–Crippen LogP) is 1.16. The molecule has 0 fully saturated rings. The normalized spacial score (nSPS) is 10.1. The number of hydrogen-bond donors (Lipinski definition) is 1. The molecule has 72 valence electrons. The van der Waals surface area contributed by atoms with E-state index < -0.39 is 0 Å². The smallest absolute Gasteiger partial charge is 0.240 e. The van der Waals surface area contributed by atoms with Crippen LogP contribution in [0.15, 0.2) is 6.20 Å². The van der Waals surface area contributed by atoms with E-state index in [1.165, 1.54) is 0 Å². The molecule has 0 aromatic carbocycles. The fourth-order valence-corrected chi connectivity index (χ4v) is 1.14. The van der Waals surface area contributed by atoms with E-state index in [4.69, 9.17) is 11.6 Å². The Hall–Kier alpha value is -1.03. The van der Waals surface area contributed by atoms with E-state index in [0.717, 1.165) is 17.8 Å². The molecule has 0 saturated heterocycles. The number of alkyl halides is 1. The van der Waals surface area contributed by atoms with Crippen LogP contribution in [-0.4, -0.2) is 21.6 Å². The summed E-state index contributed by atoms with van der Waals surface area (Å²) in [5.74, 6) is 0.488. The van der Waals surface area contributed by atoms with Crippen molar-refractivity contribution in [3.05, 3.63) is 11.8 Å². The van der Waals surface area contributed by atoms with Gasteiger partial charge in [0.15, 0.2) is 0 Å². The second-order valence-corrected chi connectivity index (χ2v) is 2.94. The van der Waals surface area contributed by atoms with Crippen LogP contribution >= 0.6 is 11.6 Å². The molecule has 0 radical (unpaired) electrons. The first-order valence-corrected chi connectivity index (χ1v) is 4.59. The van der Waals surface area contributed by atoms with Gasteiger partial charge in [-0.15, -0.1) is 11.6 Å². The van der Waals surface area contributed by atoms with Crippen molar-refractivity contribution < 1.29 is 4.79 Å². The van der Waals surface area contributed by atoms with Gasteiger partial charge in [-0.1, -0.05) is 6.92 Å². The van der Waals surface area contributed by atoms with Crippen LogP contribution in [0.25, 0.3) is 0 Å². The summed E-state index contributed by atoms with van der Waals surface area (Å²) in [5, 5.41) is 6.72. The summed E-state index contributed by atoms with van der Waals surface area (Å²) in [6.07, 6.45) is 2.58. The topological polar surface area (TPSA) is 46.9 Å². The summed E-state index contributed by atoms with van der Waals surface area (Å²) in [5.41, 5.74) is 1.01. The molecule has 0 spiro atoms. The summed E-state index contributed by atoms with van der Waals surface area (Å²) >= 11 is 5.38. The molecular formula is C8H12ClN3O. The maximum absolute atomic E-state index is 11.0. The number of rotatable bonds is 3. The third kappa shape index (κ3) is 2.21. The first-order chi connectivity index (χ1) is 6.19. The number of nitrogens with one attached hydrogen (secondary N) is 1. The van der Waals surface area contributed by atoms with Crippen molar-refractivity contribution in [2.45, 2.75) is 13.3 Å². The van der Waals surface area contributed by atoms with Crippen LogP contribution in [0.5, 0.6) is 0 Å². The first-order valence-electron chi connectivity index (χ1n) is 4.05. The molecule has 5 heteroatoms. The molecule has 1 aromatic heterocycles. The van der Waals surface area contributed by atoms with Gasteiger partial charge in [-0.2, -0.15) is 5.10 Å². The molecule has 4 nitrogen and oxygen atoms in total. The van der Waals surface area contributed by atoms with E-state index in [-0.39, 0.29) is 11.8 Å². The van der Waals surface area contributed by atoms with Crippen molar-refractivity contribution in [1.29, 1.82) is 0 Å². The lowest BCUT2D eigenvalue weighted by atomic mass is 10.2. The van der Waals surface area contributed by atoms with Crippen LogP contribution in [-0.2, 0) is 18.3 Å².